The number of nitrogens with one attached hydrogen (secondary N) is 1. The molecule has 0 aliphatic heterocycles. The van der Waals surface area contributed by atoms with Crippen LogP contribution in [0.5, 0.6) is 0 Å². The van der Waals surface area contributed by atoms with Gasteiger partial charge in [-0.3, -0.25) is 0 Å². The maximum atomic E-state index is 11.4. The Balaban J connectivity index is 1.95. The van der Waals surface area contributed by atoms with Gasteiger partial charge in [0.25, 0.3) is 0 Å². The Morgan fingerprint density at radius 2 is 1.93 bits per heavy atom. The zero-order valence-corrected chi connectivity index (χ0v) is 10.5. The summed E-state index contributed by atoms with van der Waals surface area (Å²) in [4.78, 5) is 0. The van der Waals surface area contributed by atoms with E-state index in [1.807, 2.05) is 6.92 Å². The predicted molar refractivity (Wildman–Crippen MR) is 63.8 cm³/mol. The number of sulfone groups is 1. The lowest BCUT2D eigenvalue weighted by atomic mass is 9.83. The van der Waals surface area contributed by atoms with Gasteiger partial charge in [-0.2, -0.15) is 0 Å². The molecule has 0 bridgehead atoms. The molecule has 0 heterocycles. The van der Waals surface area contributed by atoms with Gasteiger partial charge in [-0.15, -0.1) is 0 Å². The Hall–Kier alpha value is -0.0900. The van der Waals surface area contributed by atoms with Gasteiger partial charge in [-0.25, -0.2) is 8.42 Å². The smallest absolute Gasteiger partial charge is 0.151 e. The van der Waals surface area contributed by atoms with Crippen LogP contribution in [0.1, 0.15) is 39.0 Å². The molecular weight excluding hydrogens is 210 g/mol. The fraction of sp³-hybridized carbons (Fsp3) is 1.00. The zero-order chi connectivity index (χ0) is 11.1. The van der Waals surface area contributed by atoms with Crippen molar-refractivity contribution in [1.82, 2.24) is 5.32 Å². The first kappa shape index (κ1) is 13.0. The molecule has 0 radical (unpaired) electrons. The molecule has 0 aromatic carbocycles. The fourth-order valence-electron chi connectivity index (χ4n) is 1.85. The van der Waals surface area contributed by atoms with Crippen molar-refractivity contribution in [2.24, 2.45) is 5.92 Å². The molecule has 3 nitrogen and oxygen atoms in total. The molecule has 1 N–H and O–H groups in total. The van der Waals surface area contributed by atoms with Gasteiger partial charge in [0.05, 0.1) is 5.75 Å². The van der Waals surface area contributed by atoms with Crippen LogP contribution in [0.25, 0.3) is 0 Å². The zero-order valence-electron chi connectivity index (χ0n) is 9.67. The summed E-state index contributed by atoms with van der Waals surface area (Å²) in [5.74, 6) is 1.53. The first-order valence-corrected chi connectivity index (χ1v) is 7.87. The van der Waals surface area contributed by atoms with Crippen LogP contribution in [0.15, 0.2) is 0 Å². The molecule has 0 unspecified atom stereocenters. The van der Waals surface area contributed by atoms with E-state index in [0.29, 0.717) is 18.1 Å². The highest BCUT2D eigenvalue weighted by molar-refractivity contribution is 7.91. The monoisotopic (exact) mass is 233 g/mol. The van der Waals surface area contributed by atoms with Gasteiger partial charge < -0.3 is 5.32 Å². The maximum Gasteiger partial charge on any atom is 0.151 e. The number of rotatable bonds is 8. The summed E-state index contributed by atoms with van der Waals surface area (Å²) in [5.41, 5.74) is 0. The lowest BCUT2D eigenvalue weighted by molar-refractivity contribution is 0.293. The molecule has 0 amide bonds. The van der Waals surface area contributed by atoms with Crippen molar-refractivity contribution in [2.45, 2.75) is 39.0 Å². The van der Waals surface area contributed by atoms with Crippen molar-refractivity contribution >= 4 is 9.84 Å². The second-order valence-corrected chi connectivity index (χ2v) is 6.79. The average Bonchev–Trinajstić information content (AvgIpc) is 2.07. The molecule has 0 atom stereocenters. The Bertz CT molecular complexity index is 258. The molecular formula is C11H23NO2S. The highest BCUT2D eigenvalue weighted by atomic mass is 32.2. The van der Waals surface area contributed by atoms with E-state index < -0.39 is 9.84 Å². The Morgan fingerprint density at radius 3 is 2.47 bits per heavy atom. The van der Waals surface area contributed by atoms with E-state index >= 15 is 0 Å². The van der Waals surface area contributed by atoms with Crippen molar-refractivity contribution in [3.63, 3.8) is 0 Å². The van der Waals surface area contributed by atoms with Crippen LogP contribution in [-0.2, 0) is 9.84 Å². The predicted octanol–water partition coefficient (Wildman–Crippen LogP) is 1.59. The molecule has 15 heavy (non-hydrogen) atoms. The second kappa shape index (κ2) is 6.48. The van der Waals surface area contributed by atoms with Crippen molar-refractivity contribution in [3.8, 4) is 0 Å². The molecule has 1 aliphatic carbocycles. The van der Waals surface area contributed by atoms with E-state index in [-0.39, 0.29) is 0 Å². The van der Waals surface area contributed by atoms with Crippen molar-refractivity contribution in [3.05, 3.63) is 0 Å². The molecule has 90 valence electrons. The third kappa shape index (κ3) is 5.52. The standard InChI is InChI=1S/C11H23NO2S/c1-2-9-15(13,14)10-8-12-7-6-11-4-3-5-11/h11-12H,2-10H2,1H3. The summed E-state index contributed by atoms with van der Waals surface area (Å²) < 4.78 is 22.7. The minimum atomic E-state index is -2.79. The third-order valence-corrected chi connectivity index (χ3v) is 4.92. The molecule has 0 aromatic heterocycles. The molecule has 4 heteroatoms. The summed E-state index contributed by atoms with van der Waals surface area (Å²) in [6.45, 7) is 3.50. The Morgan fingerprint density at radius 1 is 1.20 bits per heavy atom. The minimum absolute atomic E-state index is 0.297. The van der Waals surface area contributed by atoms with E-state index in [0.717, 1.165) is 18.9 Å². The second-order valence-electron chi connectivity index (χ2n) is 4.49. The summed E-state index contributed by atoms with van der Waals surface area (Å²) in [7, 11) is -2.79. The third-order valence-electron chi connectivity index (χ3n) is 3.06. The van der Waals surface area contributed by atoms with Crippen molar-refractivity contribution in [1.29, 1.82) is 0 Å². The van der Waals surface area contributed by atoms with Crippen LogP contribution in [0.3, 0.4) is 0 Å². The van der Waals surface area contributed by atoms with Crippen LogP contribution in [0.2, 0.25) is 0 Å². The average molecular weight is 233 g/mol. The lowest BCUT2D eigenvalue weighted by Gasteiger charge is -2.25. The highest BCUT2D eigenvalue weighted by Crippen LogP contribution is 2.28. The van der Waals surface area contributed by atoms with Crippen LogP contribution in [0, 0.1) is 5.92 Å². The molecule has 1 rings (SSSR count). The maximum absolute atomic E-state index is 11.4. The first-order chi connectivity index (χ1) is 7.14. The highest BCUT2D eigenvalue weighted by Gasteiger charge is 2.16. The van der Waals surface area contributed by atoms with Crippen LogP contribution < -0.4 is 5.32 Å². The van der Waals surface area contributed by atoms with Gasteiger partial charge in [0.2, 0.25) is 0 Å². The number of hydrogen-bond donors (Lipinski definition) is 1. The van der Waals surface area contributed by atoms with Crippen LogP contribution >= 0.6 is 0 Å². The Labute approximate surface area is 93.6 Å². The van der Waals surface area contributed by atoms with Gasteiger partial charge in [0, 0.05) is 12.3 Å². The van der Waals surface area contributed by atoms with Crippen LogP contribution in [0.4, 0.5) is 0 Å². The van der Waals surface area contributed by atoms with E-state index in [1.54, 1.807) is 0 Å². The van der Waals surface area contributed by atoms with E-state index in [4.69, 9.17) is 0 Å². The molecule has 0 saturated heterocycles. The summed E-state index contributed by atoms with van der Waals surface area (Å²) in [6, 6.07) is 0. The largest absolute Gasteiger partial charge is 0.316 e. The van der Waals surface area contributed by atoms with Gasteiger partial charge >= 0.3 is 0 Å². The van der Waals surface area contributed by atoms with E-state index in [2.05, 4.69) is 5.32 Å². The van der Waals surface area contributed by atoms with Crippen molar-refractivity contribution in [2.75, 3.05) is 24.6 Å². The Kier molecular flexibility index (Phi) is 5.61. The van der Waals surface area contributed by atoms with E-state index in [9.17, 15) is 8.42 Å². The fourth-order valence-corrected chi connectivity index (χ4v) is 3.13. The lowest BCUT2D eigenvalue weighted by Crippen LogP contribution is -2.27. The SMILES string of the molecule is CCCS(=O)(=O)CCNCCC1CCC1. The first-order valence-electron chi connectivity index (χ1n) is 6.05. The minimum Gasteiger partial charge on any atom is -0.316 e. The summed E-state index contributed by atoms with van der Waals surface area (Å²) in [5, 5.41) is 3.22. The molecule has 1 fully saturated rings. The van der Waals surface area contributed by atoms with Gasteiger partial charge in [0.1, 0.15) is 0 Å². The van der Waals surface area contributed by atoms with Gasteiger partial charge in [-0.1, -0.05) is 26.2 Å². The topological polar surface area (TPSA) is 46.2 Å². The van der Waals surface area contributed by atoms with Crippen LogP contribution in [-0.4, -0.2) is 33.0 Å². The molecule has 0 aromatic rings. The van der Waals surface area contributed by atoms with Gasteiger partial charge in [-0.05, 0) is 25.3 Å². The summed E-state index contributed by atoms with van der Waals surface area (Å²) in [6.07, 6.45) is 6.07. The molecule has 1 aliphatic rings. The van der Waals surface area contributed by atoms with Gasteiger partial charge in [0.15, 0.2) is 9.84 Å². The summed E-state index contributed by atoms with van der Waals surface area (Å²) >= 11 is 0. The molecule has 0 spiro atoms. The number of hydrogen-bond acceptors (Lipinski definition) is 3. The molecule has 1 saturated carbocycles. The van der Waals surface area contributed by atoms with E-state index in [1.165, 1.54) is 25.7 Å². The van der Waals surface area contributed by atoms with Crippen molar-refractivity contribution < 1.29 is 8.42 Å². The quantitative estimate of drug-likeness (QED) is 0.648. The normalized spacial score (nSPS) is 17.7.